The summed E-state index contributed by atoms with van der Waals surface area (Å²) in [7, 11) is 0. The molecule has 162 valence electrons. The molecular formula is C23H28BrClN2O3. The summed E-state index contributed by atoms with van der Waals surface area (Å²) in [5, 5.41) is 4.15. The van der Waals surface area contributed by atoms with Gasteiger partial charge in [0.15, 0.2) is 11.5 Å². The Kier molecular flexibility index (Phi) is 8.85. The van der Waals surface area contributed by atoms with Crippen molar-refractivity contribution in [3.8, 4) is 11.5 Å². The van der Waals surface area contributed by atoms with Gasteiger partial charge in [-0.05, 0) is 61.7 Å². The topological polar surface area (TPSA) is 50.8 Å². The van der Waals surface area contributed by atoms with E-state index in [0.29, 0.717) is 37.0 Å². The molecule has 7 heteroatoms. The van der Waals surface area contributed by atoms with Gasteiger partial charge in [0.25, 0.3) is 0 Å². The number of halogens is 2. The van der Waals surface area contributed by atoms with Gasteiger partial charge in [0, 0.05) is 35.6 Å². The van der Waals surface area contributed by atoms with Crippen molar-refractivity contribution in [2.75, 3.05) is 26.2 Å². The zero-order valence-electron chi connectivity index (χ0n) is 17.3. The molecule has 2 aromatic rings. The van der Waals surface area contributed by atoms with Crippen LogP contribution < -0.4 is 14.8 Å². The molecule has 1 amide bonds. The number of ether oxygens (including phenoxy) is 2. The van der Waals surface area contributed by atoms with Crippen LogP contribution in [0.1, 0.15) is 37.3 Å². The largest absolute Gasteiger partial charge is 0.490 e. The highest BCUT2D eigenvalue weighted by atomic mass is 79.9. The van der Waals surface area contributed by atoms with Gasteiger partial charge in [-0.25, -0.2) is 0 Å². The lowest BCUT2D eigenvalue weighted by Gasteiger charge is -2.17. The van der Waals surface area contributed by atoms with Gasteiger partial charge in [0.2, 0.25) is 5.91 Å². The van der Waals surface area contributed by atoms with Crippen LogP contribution in [0, 0.1) is 0 Å². The molecule has 1 aliphatic rings. The quantitative estimate of drug-likeness (QED) is 0.436. The summed E-state index contributed by atoms with van der Waals surface area (Å²) in [6, 6.07) is 11.6. The molecule has 1 aliphatic heterocycles. The minimum absolute atomic E-state index is 0.285. The Bertz CT molecular complexity index is 862. The standard InChI is InChI=1S/C23H28BrClN2O3/c1-2-29-21-13-18(15-26-9-5-11-27-10-4-8-23(27)28)20(24)14-22(21)30-16-17-6-3-7-19(25)12-17/h3,6-7,12-14,26H,2,4-5,8-11,15-16H2,1H3. The number of nitrogens with zero attached hydrogens (tertiary/aromatic N) is 1. The molecule has 0 unspecified atom stereocenters. The first-order valence-corrected chi connectivity index (χ1v) is 11.5. The minimum Gasteiger partial charge on any atom is -0.490 e. The summed E-state index contributed by atoms with van der Waals surface area (Å²) in [5.74, 6) is 1.70. The molecule has 2 aromatic carbocycles. The van der Waals surface area contributed by atoms with Gasteiger partial charge in [-0.15, -0.1) is 0 Å². The average molecular weight is 496 g/mol. The van der Waals surface area contributed by atoms with Crippen molar-refractivity contribution < 1.29 is 14.3 Å². The van der Waals surface area contributed by atoms with Crippen LogP contribution in [0.25, 0.3) is 0 Å². The van der Waals surface area contributed by atoms with Crippen molar-refractivity contribution in [2.45, 2.75) is 39.3 Å². The number of rotatable bonds is 11. The lowest BCUT2D eigenvalue weighted by atomic mass is 10.2. The van der Waals surface area contributed by atoms with Crippen LogP contribution in [0.4, 0.5) is 0 Å². The molecule has 30 heavy (non-hydrogen) atoms. The van der Waals surface area contributed by atoms with Crippen LogP contribution in [0.15, 0.2) is 40.9 Å². The van der Waals surface area contributed by atoms with Crippen molar-refractivity contribution in [1.29, 1.82) is 0 Å². The lowest BCUT2D eigenvalue weighted by molar-refractivity contribution is -0.127. The van der Waals surface area contributed by atoms with E-state index in [-0.39, 0.29) is 5.91 Å². The minimum atomic E-state index is 0.285. The van der Waals surface area contributed by atoms with E-state index in [2.05, 4.69) is 21.2 Å². The Balaban J connectivity index is 1.54. The van der Waals surface area contributed by atoms with Crippen LogP contribution in [0.2, 0.25) is 5.02 Å². The number of likely N-dealkylation sites (tertiary alicyclic amines) is 1. The maximum absolute atomic E-state index is 11.7. The van der Waals surface area contributed by atoms with E-state index in [4.69, 9.17) is 21.1 Å². The highest BCUT2D eigenvalue weighted by Crippen LogP contribution is 2.34. The summed E-state index contributed by atoms with van der Waals surface area (Å²) < 4.78 is 12.8. The van der Waals surface area contributed by atoms with Gasteiger partial charge in [0.05, 0.1) is 6.61 Å². The highest BCUT2D eigenvalue weighted by Gasteiger charge is 2.19. The Morgan fingerprint density at radius 3 is 2.77 bits per heavy atom. The lowest BCUT2D eigenvalue weighted by Crippen LogP contribution is -2.28. The van der Waals surface area contributed by atoms with Gasteiger partial charge < -0.3 is 19.7 Å². The van der Waals surface area contributed by atoms with E-state index in [1.807, 2.05) is 48.2 Å². The van der Waals surface area contributed by atoms with E-state index in [1.165, 1.54) is 0 Å². The molecule has 0 saturated carbocycles. The van der Waals surface area contributed by atoms with Crippen molar-refractivity contribution in [3.63, 3.8) is 0 Å². The molecule has 0 aromatic heterocycles. The number of benzene rings is 2. The van der Waals surface area contributed by atoms with E-state index in [9.17, 15) is 4.79 Å². The third-order valence-corrected chi connectivity index (χ3v) is 5.94. The molecule has 0 bridgehead atoms. The first-order valence-electron chi connectivity index (χ1n) is 10.4. The number of amides is 1. The summed E-state index contributed by atoms with van der Waals surface area (Å²) >= 11 is 9.71. The van der Waals surface area contributed by atoms with Gasteiger partial charge in [-0.3, -0.25) is 4.79 Å². The number of carbonyl (C=O) groups excluding carboxylic acids is 1. The van der Waals surface area contributed by atoms with E-state index >= 15 is 0 Å². The fourth-order valence-electron chi connectivity index (χ4n) is 3.44. The normalized spacial score (nSPS) is 13.7. The second-order valence-corrected chi connectivity index (χ2v) is 8.55. The summed E-state index contributed by atoms with van der Waals surface area (Å²) in [6.07, 6.45) is 2.64. The van der Waals surface area contributed by atoms with Crippen LogP contribution >= 0.6 is 27.5 Å². The van der Waals surface area contributed by atoms with Crippen LogP contribution in [0.3, 0.4) is 0 Å². The average Bonchev–Trinajstić information content (AvgIpc) is 3.13. The van der Waals surface area contributed by atoms with Crippen molar-refractivity contribution in [2.24, 2.45) is 0 Å². The first-order chi connectivity index (χ1) is 14.6. The van der Waals surface area contributed by atoms with Crippen molar-refractivity contribution in [1.82, 2.24) is 10.2 Å². The van der Waals surface area contributed by atoms with E-state index in [0.717, 1.165) is 53.8 Å². The molecule has 3 rings (SSSR count). The molecule has 5 nitrogen and oxygen atoms in total. The highest BCUT2D eigenvalue weighted by molar-refractivity contribution is 9.10. The molecular weight excluding hydrogens is 468 g/mol. The molecule has 0 atom stereocenters. The number of carbonyl (C=O) groups is 1. The Labute approximate surface area is 191 Å². The molecule has 1 fully saturated rings. The van der Waals surface area contributed by atoms with Crippen LogP contribution in [0.5, 0.6) is 11.5 Å². The Morgan fingerprint density at radius 2 is 2.03 bits per heavy atom. The smallest absolute Gasteiger partial charge is 0.222 e. The maximum atomic E-state index is 11.7. The van der Waals surface area contributed by atoms with E-state index in [1.54, 1.807) is 0 Å². The van der Waals surface area contributed by atoms with Gasteiger partial charge in [-0.1, -0.05) is 39.7 Å². The van der Waals surface area contributed by atoms with Gasteiger partial charge in [-0.2, -0.15) is 0 Å². The van der Waals surface area contributed by atoms with Gasteiger partial charge in [0.1, 0.15) is 6.61 Å². The predicted molar refractivity (Wildman–Crippen MR) is 123 cm³/mol. The predicted octanol–water partition coefficient (Wildman–Crippen LogP) is 5.18. The van der Waals surface area contributed by atoms with Crippen molar-refractivity contribution >= 4 is 33.4 Å². The summed E-state index contributed by atoms with van der Waals surface area (Å²) in [5.41, 5.74) is 2.11. The number of hydrogen-bond donors (Lipinski definition) is 1. The molecule has 1 heterocycles. The molecule has 0 spiro atoms. The number of hydrogen-bond acceptors (Lipinski definition) is 4. The Morgan fingerprint density at radius 1 is 1.20 bits per heavy atom. The zero-order valence-corrected chi connectivity index (χ0v) is 19.6. The van der Waals surface area contributed by atoms with E-state index < -0.39 is 0 Å². The molecule has 0 aliphatic carbocycles. The summed E-state index contributed by atoms with van der Waals surface area (Å²) in [6.45, 7) is 6.23. The van der Waals surface area contributed by atoms with Crippen molar-refractivity contribution in [3.05, 3.63) is 57.0 Å². The van der Waals surface area contributed by atoms with Gasteiger partial charge >= 0.3 is 0 Å². The third-order valence-electron chi connectivity index (χ3n) is 4.96. The maximum Gasteiger partial charge on any atom is 0.222 e. The fourth-order valence-corrected chi connectivity index (χ4v) is 4.12. The summed E-state index contributed by atoms with van der Waals surface area (Å²) in [4.78, 5) is 13.6. The molecule has 1 saturated heterocycles. The first kappa shape index (κ1) is 22.9. The van der Waals surface area contributed by atoms with Crippen LogP contribution in [-0.2, 0) is 17.9 Å². The molecule has 0 radical (unpaired) electrons. The molecule has 1 N–H and O–H groups in total. The zero-order chi connectivity index (χ0) is 21.3. The third kappa shape index (κ3) is 6.62. The number of nitrogens with one attached hydrogen (secondary N) is 1. The monoisotopic (exact) mass is 494 g/mol. The second kappa shape index (κ2) is 11.6. The Hall–Kier alpha value is -1.76. The second-order valence-electron chi connectivity index (χ2n) is 7.26. The SMILES string of the molecule is CCOc1cc(CNCCCN2CCCC2=O)c(Br)cc1OCc1cccc(Cl)c1. The van der Waals surface area contributed by atoms with Crippen LogP contribution in [-0.4, -0.2) is 37.0 Å². The fraction of sp³-hybridized carbons (Fsp3) is 0.435.